The van der Waals surface area contributed by atoms with Crippen LogP contribution in [0.5, 0.6) is 0 Å². The number of piperazine rings is 1. The van der Waals surface area contributed by atoms with Gasteiger partial charge in [-0.3, -0.25) is 9.69 Å². The molecule has 0 N–H and O–H groups in total. The lowest BCUT2D eigenvalue weighted by atomic mass is 9.60. The predicted octanol–water partition coefficient (Wildman–Crippen LogP) is 5.17. The summed E-state index contributed by atoms with van der Waals surface area (Å²) in [5.41, 5.74) is 4.27. The Balaban J connectivity index is 1.28. The van der Waals surface area contributed by atoms with Gasteiger partial charge in [-0.2, -0.15) is 9.84 Å². The molecule has 1 aromatic carbocycles. The van der Waals surface area contributed by atoms with Gasteiger partial charge in [-0.1, -0.05) is 19.6 Å². The number of hydrogen-bond acceptors (Lipinski definition) is 6. The molecule has 1 spiro atoms. The average molecular weight is 660 g/mol. The Labute approximate surface area is 287 Å². The first kappa shape index (κ1) is 33.8. The maximum atomic E-state index is 14.2. The fourth-order valence-electron chi connectivity index (χ4n) is 10.5. The molecule has 2 bridgehead atoms. The summed E-state index contributed by atoms with van der Waals surface area (Å²) >= 11 is 0. The molecule has 1 amide bonds. The third-order valence-electron chi connectivity index (χ3n) is 13.0. The first-order valence-corrected chi connectivity index (χ1v) is 18.9. The minimum atomic E-state index is -0.151. The van der Waals surface area contributed by atoms with Crippen LogP contribution in [0.2, 0.25) is 0 Å². The van der Waals surface area contributed by atoms with E-state index in [0.29, 0.717) is 37.5 Å². The molecule has 2 aliphatic carbocycles. The molecule has 4 heterocycles. The van der Waals surface area contributed by atoms with Gasteiger partial charge in [0, 0.05) is 44.6 Å². The summed E-state index contributed by atoms with van der Waals surface area (Å²) in [6.45, 7) is 11.1. The Morgan fingerprint density at radius 2 is 1.96 bits per heavy atom. The van der Waals surface area contributed by atoms with Gasteiger partial charge < -0.3 is 14.5 Å². The first-order chi connectivity index (χ1) is 23.3. The highest BCUT2D eigenvalue weighted by Gasteiger charge is 2.57. The zero-order valence-electron chi connectivity index (χ0n) is 29.3. The minimum Gasteiger partial charge on any atom is -0.333 e. The molecule has 8 atom stereocenters. The second kappa shape index (κ2) is 14.3. The van der Waals surface area contributed by atoms with Crippen molar-refractivity contribution in [2.24, 2.45) is 11.3 Å². The number of nitrogens with zero attached hydrogens (tertiary/aromatic N) is 6. The summed E-state index contributed by atoms with van der Waals surface area (Å²) < 4.78 is 24.1. The van der Waals surface area contributed by atoms with Crippen LogP contribution in [-0.2, 0) is 22.4 Å². The van der Waals surface area contributed by atoms with Gasteiger partial charge in [-0.05, 0) is 113 Å². The number of amides is 1. The maximum absolute atomic E-state index is 14.2. The highest BCUT2D eigenvalue weighted by molar-refractivity contribution is 5.87. The lowest BCUT2D eigenvalue weighted by molar-refractivity contribution is -0.659. The summed E-state index contributed by atoms with van der Waals surface area (Å²) in [5.74, 6) is 0.172. The van der Waals surface area contributed by atoms with E-state index < -0.39 is 0 Å². The van der Waals surface area contributed by atoms with Crippen molar-refractivity contribution in [1.82, 2.24) is 19.6 Å². The molecule has 3 saturated heterocycles. The third kappa shape index (κ3) is 6.39. The van der Waals surface area contributed by atoms with Crippen LogP contribution in [0.15, 0.2) is 30.9 Å². The number of hydrogen-bond donors (Lipinski definition) is 0. The fraction of sp³-hybridized carbons (Fsp3) is 0.718. The van der Waals surface area contributed by atoms with E-state index in [4.69, 9.17) is 4.74 Å². The number of likely N-dealkylation sites (N-methyl/N-ethyl adjacent to an activating group) is 1. The maximum Gasteiger partial charge on any atom is 0.323 e. The number of nitriles is 1. The predicted molar refractivity (Wildman–Crippen MR) is 185 cm³/mol. The van der Waals surface area contributed by atoms with Gasteiger partial charge in [-0.25, -0.2) is 9.29 Å². The average Bonchev–Trinajstić information content (AvgIpc) is 3.50. The minimum absolute atomic E-state index is 0.0753. The zero-order valence-corrected chi connectivity index (χ0v) is 29.3. The van der Waals surface area contributed by atoms with E-state index in [1.54, 1.807) is 17.8 Å². The standard InChI is InChI=1S/C39H56FN6O2/c1-4-31-9-6-7-20-45-35-25-39(16-13-28-23-30(40)12-11-29(28)24-39)17-14-34(35)37(46(31)38(45)48-27-33-10-8-19-42(33)3)43-21-22-44(36(47)5-2)32(26-43)15-18-41/h5,11-12,23,31-34,37-38H,2,4,6-10,13-17,19-22,24-27H2,1,3H3/q+1/t31?,32-,33-,34?,37?,38?,39+/m1/s1. The molecule has 6 aliphatic rings. The number of ether oxygens (including phenoxy) is 1. The van der Waals surface area contributed by atoms with Crippen molar-refractivity contribution in [2.45, 2.75) is 121 Å². The number of halogens is 1. The van der Waals surface area contributed by atoms with Crippen molar-refractivity contribution in [2.75, 3.05) is 46.4 Å². The van der Waals surface area contributed by atoms with Crippen molar-refractivity contribution < 1.29 is 18.5 Å². The summed E-state index contributed by atoms with van der Waals surface area (Å²) in [6, 6.07) is 8.53. The third-order valence-corrected chi connectivity index (χ3v) is 13.0. The lowest BCUT2D eigenvalue weighted by Gasteiger charge is -2.56. The van der Waals surface area contributed by atoms with Crippen molar-refractivity contribution >= 4 is 11.6 Å². The SMILES string of the molecule is C=CC(=O)N1CCN(C2C3CC[C@]4(CCc5cc(F)ccc5C4)CC3=[N+]3CCCCC(CC)N2C3OC[C@H]2CCCN2C)C[C@H]1CC#N. The second-order valence-corrected chi connectivity index (χ2v) is 15.7. The van der Waals surface area contributed by atoms with Crippen molar-refractivity contribution in [1.29, 1.82) is 5.26 Å². The molecule has 1 saturated carbocycles. The van der Waals surface area contributed by atoms with Crippen LogP contribution in [0.25, 0.3) is 0 Å². The van der Waals surface area contributed by atoms with Crippen molar-refractivity contribution in [3.63, 3.8) is 0 Å². The highest BCUT2D eigenvalue weighted by Crippen LogP contribution is 2.50. The molecule has 7 rings (SSSR count). The molecule has 5 unspecified atom stereocenters. The summed E-state index contributed by atoms with van der Waals surface area (Å²) in [4.78, 5) is 22.6. The Kier molecular flexibility index (Phi) is 10.1. The number of rotatable bonds is 7. The fourth-order valence-corrected chi connectivity index (χ4v) is 10.5. The molecule has 1 aromatic rings. The lowest BCUT2D eigenvalue weighted by Crippen LogP contribution is -2.72. The summed E-state index contributed by atoms with van der Waals surface area (Å²) in [7, 11) is 2.24. The van der Waals surface area contributed by atoms with E-state index in [9.17, 15) is 14.4 Å². The Morgan fingerprint density at radius 1 is 1.10 bits per heavy atom. The number of carbonyl (C=O) groups is 1. The molecule has 9 heteroatoms. The molecule has 0 radical (unpaired) electrons. The molecule has 4 fully saturated rings. The largest absolute Gasteiger partial charge is 0.333 e. The van der Waals surface area contributed by atoms with Gasteiger partial charge in [0.25, 0.3) is 0 Å². The quantitative estimate of drug-likeness (QED) is 0.298. The van der Waals surface area contributed by atoms with E-state index in [1.807, 2.05) is 11.0 Å². The molecular formula is C39H56FN6O2+. The molecule has 4 aliphatic heterocycles. The van der Waals surface area contributed by atoms with Crippen LogP contribution in [0.3, 0.4) is 0 Å². The topological polar surface area (TPSA) is 66.1 Å². The van der Waals surface area contributed by atoms with Crippen LogP contribution in [0.1, 0.15) is 88.7 Å². The van der Waals surface area contributed by atoms with E-state index in [-0.39, 0.29) is 35.7 Å². The van der Waals surface area contributed by atoms with Crippen LogP contribution in [0.4, 0.5) is 4.39 Å². The summed E-state index contributed by atoms with van der Waals surface area (Å²) in [6.07, 6.45) is 15.2. The number of likely N-dealkylation sites (tertiary alicyclic amines) is 1. The van der Waals surface area contributed by atoms with E-state index in [2.05, 4.69) is 45.9 Å². The Hall–Kier alpha value is -2.64. The Morgan fingerprint density at radius 3 is 2.73 bits per heavy atom. The van der Waals surface area contributed by atoms with Crippen LogP contribution in [0, 0.1) is 28.5 Å². The number of benzene rings is 1. The van der Waals surface area contributed by atoms with E-state index in [0.717, 1.165) is 64.8 Å². The highest BCUT2D eigenvalue weighted by atomic mass is 19.1. The molecule has 8 nitrogen and oxygen atoms in total. The normalized spacial score (nSPS) is 35.8. The second-order valence-electron chi connectivity index (χ2n) is 15.7. The van der Waals surface area contributed by atoms with Gasteiger partial charge in [0.05, 0.1) is 37.2 Å². The summed E-state index contributed by atoms with van der Waals surface area (Å²) in [5, 5.41) is 9.83. The monoisotopic (exact) mass is 659 g/mol. The van der Waals surface area contributed by atoms with Crippen molar-refractivity contribution in [3.05, 3.63) is 47.8 Å². The van der Waals surface area contributed by atoms with E-state index in [1.165, 1.54) is 55.7 Å². The van der Waals surface area contributed by atoms with Gasteiger partial charge in [0.1, 0.15) is 12.4 Å². The van der Waals surface area contributed by atoms with Gasteiger partial charge >= 0.3 is 6.35 Å². The molecule has 48 heavy (non-hydrogen) atoms. The number of fused-ring (bicyclic) bond motifs is 4. The molecule has 0 aromatic heterocycles. The Bertz CT molecular complexity index is 1440. The number of aryl methyl sites for hydroxylation is 1. The zero-order chi connectivity index (χ0) is 33.4. The first-order valence-electron chi connectivity index (χ1n) is 18.9. The van der Waals surface area contributed by atoms with Gasteiger partial charge in [0.2, 0.25) is 5.91 Å². The molecular weight excluding hydrogens is 603 g/mol. The molecule has 260 valence electrons. The van der Waals surface area contributed by atoms with Crippen LogP contribution in [-0.4, -0.2) is 113 Å². The van der Waals surface area contributed by atoms with Crippen LogP contribution < -0.4 is 0 Å². The smallest absolute Gasteiger partial charge is 0.323 e. The van der Waals surface area contributed by atoms with Gasteiger partial charge in [0.15, 0.2) is 5.71 Å². The van der Waals surface area contributed by atoms with Gasteiger partial charge in [-0.15, -0.1) is 0 Å². The van der Waals surface area contributed by atoms with E-state index >= 15 is 0 Å². The van der Waals surface area contributed by atoms with Crippen LogP contribution >= 0.6 is 0 Å². The number of carbonyl (C=O) groups excluding carboxylic acids is 1. The van der Waals surface area contributed by atoms with Crippen molar-refractivity contribution in [3.8, 4) is 6.07 Å².